The van der Waals surface area contributed by atoms with Crippen molar-refractivity contribution >= 4 is 25.0 Å². The van der Waals surface area contributed by atoms with E-state index in [1.807, 2.05) is 0 Å². The summed E-state index contributed by atoms with van der Waals surface area (Å²) in [7, 11) is -5.17. The largest absolute Gasteiger partial charge is 0.416 e. The molecule has 2 atom stereocenters. The first-order valence-electron chi connectivity index (χ1n) is 15.3. The van der Waals surface area contributed by atoms with E-state index in [1.165, 1.54) is 23.7 Å². The predicted octanol–water partition coefficient (Wildman–Crippen LogP) is 10.9. The molecule has 0 bridgehead atoms. The van der Waals surface area contributed by atoms with Gasteiger partial charge in [0.1, 0.15) is 0 Å². The molecular weight excluding hydrogens is 517 g/mol. The Morgan fingerprint density at radius 3 is 1.74 bits per heavy atom. The molecule has 0 rings (SSSR count). The third kappa shape index (κ3) is 12.9. The molecule has 0 aliphatic rings. The SMILES string of the molecule is CCC(=C/[C@H](C)CO[Si](CC)(CC)CC)/C=C/[C@@H](C/C=C\CO[Si](C)(C)C(C)(C)C)O[Si](C)(C)C(C)(C)C. The minimum atomic E-state index is -1.90. The van der Waals surface area contributed by atoms with Crippen LogP contribution in [0.2, 0.25) is 54.4 Å². The lowest BCUT2D eigenvalue weighted by Crippen LogP contribution is -2.43. The summed E-state index contributed by atoms with van der Waals surface area (Å²) in [4.78, 5) is 0. The van der Waals surface area contributed by atoms with Crippen molar-refractivity contribution in [3.63, 3.8) is 0 Å². The van der Waals surface area contributed by atoms with Gasteiger partial charge in [-0.15, -0.1) is 0 Å². The molecule has 0 saturated carbocycles. The molecule has 0 aliphatic heterocycles. The molecule has 6 heteroatoms. The van der Waals surface area contributed by atoms with Gasteiger partial charge in [0.05, 0.1) is 12.7 Å². The van der Waals surface area contributed by atoms with E-state index in [2.05, 4.69) is 133 Å². The molecule has 0 aromatic carbocycles. The fourth-order valence-electron chi connectivity index (χ4n) is 3.79. The molecule has 0 aliphatic carbocycles. The van der Waals surface area contributed by atoms with Crippen LogP contribution < -0.4 is 0 Å². The van der Waals surface area contributed by atoms with Gasteiger partial charge in [-0.25, -0.2) is 0 Å². The number of allylic oxidation sites excluding steroid dienone is 2. The second-order valence-corrected chi connectivity index (χ2v) is 28.5. The topological polar surface area (TPSA) is 27.7 Å². The predicted molar refractivity (Wildman–Crippen MR) is 179 cm³/mol. The van der Waals surface area contributed by atoms with Crippen molar-refractivity contribution < 1.29 is 13.3 Å². The number of rotatable bonds is 17. The minimum absolute atomic E-state index is 0.0712. The highest BCUT2D eigenvalue weighted by molar-refractivity contribution is 6.74. The van der Waals surface area contributed by atoms with Crippen LogP contribution in [0.5, 0.6) is 0 Å². The second-order valence-electron chi connectivity index (χ2n) is 14.2. The molecule has 0 heterocycles. The highest BCUT2D eigenvalue weighted by Gasteiger charge is 2.39. The molecule has 0 fully saturated rings. The molecule has 0 amide bonds. The Morgan fingerprint density at radius 2 is 1.29 bits per heavy atom. The van der Waals surface area contributed by atoms with Gasteiger partial charge in [0.25, 0.3) is 0 Å². The van der Waals surface area contributed by atoms with E-state index < -0.39 is 25.0 Å². The van der Waals surface area contributed by atoms with Gasteiger partial charge in [-0.3, -0.25) is 0 Å². The van der Waals surface area contributed by atoms with Gasteiger partial charge in [0.2, 0.25) is 0 Å². The first-order valence-corrected chi connectivity index (χ1v) is 23.6. The van der Waals surface area contributed by atoms with Gasteiger partial charge in [-0.05, 0) is 73.2 Å². The number of hydrogen-bond donors (Lipinski definition) is 0. The quantitative estimate of drug-likeness (QED) is 0.0969. The van der Waals surface area contributed by atoms with Crippen molar-refractivity contribution in [1.29, 1.82) is 0 Å². The maximum atomic E-state index is 6.86. The molecule has 0 N–H and O–H groups in total. The van der Waals surface area contributed by atoms with Crippen molar-refractivity contribution in [2.75, 3.05) is 13.2 Å². The van der Waals surface area contributed by atoms with Crippen molar-refractivity contribution in [3.8, 4) is 0 Å². The first-order chi connectivity index (χ1) is 17.3. The van der Waals surface area contributed by atoms with E-state index in [-0.39, 0.29) is 16.2 Å². The molecule has 38 heavy (non-hydrogen) atoms. The normalized spacial score (nSPS) is 16.6. The lowest BCUT2D eigenvalue weighted by atomic mass is 10.0. The molecule has 0 unspecified atom stereocenters. The molecule has 0 radical (unpaired) electrons. The molecule has 3 nitrogen and oxygen atoms in total. The molecular formula is C32H66O3Si3. The van der Waals surface area contributed by atoms with Crippen LogP contribution in [0.25, 0.3) is 0 Å². The Kier molecular flexibility index (Phi) is 16.2. The summed E-state index contributed by atoms with van der Waals surface area (Å²) in [6.07, 6.45) is 13.4. The van der Waals surface area contributed by atoms with E-state index in [4.69, 9.17) is 13.3 Å². The van der Waals surface area contributed by atoms with Crippen molar-refractivity contribution in [2.45, 2.75) is 150 Å². The standard InChI is InChI=1S/C32H66O3Si3/c1-16-29(26-28(5)27-34-38(17-2,18-3)19-4)23-24-30(35-37(14,15)32(9,10)11)22-20-21-25-33-36(12,13)31(6,7)8/h20-21,23-24,26,28,30H,16-19,22,25,27H2,1-15H3/b21-20-,24-23+,29-26-/t28-,30+/m0/s1. The van der Waals surface area contributed by atoms with Crippen LogP contribution in [-0.2, 0) is 13.3 Å². The molecule has 0 aromatic heterocycles. The fourth-order valence-corrected chi connectivity index (χ4v) is 8.75. The van der Waals surface area contributed by atoms with Gasteiger partial charge in [0.15, 0.2) is 25.0 Å². The summed E-state index contributed by atoms with van der Waals surface area (Å²) in [6.45, 7) is 36.1. The Hall–Kier alpha value is -0.249. The van der Waals surface area contributed by atoms with Crippen LogP contribution >= 0.6 is 0 Å². The summed E-state index contributed by atoms with van der Waals surface area (Å²) in [5, 5.41) is 0.410. The van der Waals surface area contributed by atoms with E-state index in [0.717, 1.165) is 19.4 Å². The Bertz CT molecular complexity index is 743. The maximum Gasteiger partial charge on any atom is 0.192 e. The third-order valence-corrected chi connectivity index (χ3v) is 22.8. The lowest BCUT2D eigenvalue weighted by molar-refractivity contribution is 0.227. The van der Waals surface area contributed by atoms with E-state index in [9.17, 15) is 0 Å². The lowest BCUT2D eigenvalue weighted by Gasteiger charge is -2.38. The van der Waals surface area contributed by atoms with Crippen molar-refractivity contribution in [2.24, 2.45) is 5.92 Å². The van der Waals surface area contributed by atoms with Crippen LogP contribution in [0.15, 0.2) is 36.0 Å². The zero-order valence-electron chi connectivity index (χ0n) is 28.2. The molecule has 0 spiro atoms. The van der Waals surface area contributed by atoms with Crippen LogP contribution in [-0.4, -0.2) is 44.3 Å². The van der Waals surface area contributed by atoms with Crippen LogP contribution in [0.1, 0.15) is 89.0 Å². The van der Waals surface area contributed by atoms with Crippen LogP contribution in [0.3, 0.4) is 0 Å². The summed E-state index contributed by atoms with van der Waals surface area (Å²) in [5.74, 6) is 0.415. The average Bonchev–Trinajstić information content (AvgIpc) is 2.80. The van der Waals surface area contributed by atoms with Gasteiger partial charge >= 0.3 is 0 Å². The summed E-state index contributed by atoms with van der Waals surface area (Å²) >= 11 is 0. The van der Waals surface area contributed by atoms with E-state index in [0.29, 0.717) is 12.5 Å². The monoisotopic (exact) mass is 582 g/mol. The summed E-state index contributed by atoms with van der Waals surface area (Å²) in [5.41, 5.74) is 1.37. The highest BCUT2D eigenvalue weighted by atomic mass is 28.4. The fraction of sp³-hybridized carbons (Fsp3) is 0.812. The van der Waals surface area contributed by atoms with E-state index >= 15 is 0 Å². The van der Waals surface area contributed by atoms with Crippen molar-refractivity contribution in [3.05, 3.63) is 36.0 Å². The van der Waals surface area contributed by atoms with Gasteiger partial charge < -0.3 is 13.3 Å². The van der Waals surface area contributed by atoms with Gasteiger partial charge in [-0.1, -0.05) is 112 Å². The maximum absolute atomic E-state index is 6.86. The Labute approximate surface area is 242 Å². The van der Waals surface area contributed by atoms with Crippen molar-refractivity contribution in [1.82, 2.24) is 0 Å². The summed E-state index contributed by atoms with van der Waals surface area (Å²) in [6, 6.07) is 3.62. The molecule has 0 saturated heterocycles. The smallest absolute Gasteiger partial charge is 0.192 e. The molecule has 0 aromatic rings. The minimum Gasteiger partial charge on any atom is -0.416 e. The van der Waals surface area contributed by atoms with E-state index in [1.54, 1.807) is 0 Å². The average molecular weight is 583 g/mol. The Balaban J connectivity index is 5.55. The summed E-state index contributed by atoms with van der Waals surface area (Å²) < 4.78 is 19.8. The zero-order chi connectivity index (χ0) is 29.8. The third-order valence-electron chi connectivity index (χ3n) is 9.15. The van der Waals surface area contributed by atoms with Gasteiger partial charge in [0, 0.05) is 6.61 Å². The number of hydrogen-bond acceptors (Lipinski definition) is 3. The highest BCUT2D eigenvalue weighted by Crippen LogP contribution is 2.38. The Morgan fingerprint density at radius 1 is 0.763 bits per heavy atom. The van der Waals surface area contributed by atoms with Crippen LogP contribution in [0.4, 0.5) is 0 Å². The van der Waals surface area contributed by atoms with Gasteiger partial charge in [-0.2, -0.15) is 0 Å². The molecule has 224 valence electrons. The first kappa shape index (κ1) is 37.8. The van der Waals surface area contributed by atoms with Crippen LogP contribution in [0, 0.1) is 5.92 Å². The second kappa shape index (κ2) is 16.3. The zero-order valence-corrected chi connectivity index (χ0v) is 31.2.